The van der Waals surface area contributed by atoms with Crippen LogP contribution >= 0.6 is 0 Å². The Morgan fingerprint density at radius 1 is 1.35 bits per heavy atom. The van der Waals surface area contributed by atoms with E-state index >= 15 is 0 Å². The van der Waals surface area contributed by atoms with Crippen molar-refractivity contribution in [1.82, 2.24) is 5.32 Å². The van der Waals surface area contributed by atoms with Crippen LogP contribution in [-0.2, 0) is 16.0 Å². The molecule has 4 heteroatoms. The monoisotopic (exact) mass is 277 g/mol. The molecule has 20 heavy (non-hydrogen) atoms. The lowest BCUT2D eigenvalue weighted by Crippen LogP contribution is -2.20. The molecule has 0 radical (unpaired) electrons. The number of ether oxygens (including phenoxy) is 2. The molecule has 0 bridgehead atoms. The fourth-order valence-corrected chi connectivity index (χ4v) is 2.13. The lowest BCUT2D eigenvalue weighted by atomic mass is 10.1. The van der Waals surface area contributed by atoms with Gasteiger partial charge < -0.3 is 9.47 Å². The van der Waals surface area contributed by atoms with Crippen LogP contribution in [0.3, 0.4) is 0 Å². The third kappa shape index (κ3) is 3.97. The number of aryl methyl sites for hydroxylation is 1. The second kappa shape index (κ2) is 6.75. The smallest absolute Gasteiger partial charge is 0.325 e. The highest BCUT2D eigenvalue weighted by molar-refractivity contribution is 5.80. The largest absolute Gasteiger partial charge is 0.497 e. The maximum absolute atomic E-state index is 11.8. The number of carbonyl (C=O) groups excluding carboxylic acids is 1. The number of nitrogens with one attached hydrogen (secondary N) is 1. The fraction of sp³-hybridized carbons (Fsp3) is 0.562. The van der Waals surface area contributed by atoms with Crippen molar-refractivity contribution >= 4 is 5.97 Å². The molecule has 0 saturated carbocycles. The van der Waals surface area contributed by atoms with Gasteiger partial charge in [-0.1, -0.05) is 19.1 Å². The molecule has 1 aliphatic heterocycles. The summed E-state index contributed by atoms with van der Waals surface area (Å²) in [7, 11) is 1.66. The second-order valence-electron chi connectivity index (χ2n) is 5.29. The zero-order valence-corrected chi connectivity index (χ0v) is 12.4. The molecule has 1 aliphatic rings. The zero-order valence-electron chi connectivity index (χ0n) is 12.4. The molecule has 2 rings (SSSR count). The quantitative estimate of drug-likeness (QED) is 0.614. The molecule has 0 aliphatic carbocycles. The summed E-state index contributed by atoms with van der Waals surface area (Å²) < 4.78 is 10.4. The minimum Gasteiger partial charge on any atom is -0.497 e. The molecule has 1 N–H and O–H groups in total. The lowest BCUT2D eigenvalue weighted by molar-refractivity contribution is -0.147. The van der Waals surface area contributed by atoms with Crippen molar-refractivity contribution in [2.75, 3.05) is 7.11 Å². The van der Waals surface area contributed by atoms with E-state index in [1.807, 2.05) is 26.0 Å². The molecule has 4 nitrogen and oxygen atoms in total. The molecule has 1 saturated heterocycles. The number of hydrogen-bond acceptors (Lipinski definition) is 4. The van der Waals surface area contributed by atoms with Crippen LogP contribution < -0.4 is 10.1 Å². The van der Waals surface area contributed by atoms with Gasteiger partial charge in [-0.2, -0.15) is 0 Å². The van der Waals surface area contributed by atoms with Crippen molar-refractivity contribution in [1.29, 1.82) is 0 Å². The third-order valence-corrected chi connectivity index (χ3v) is 3.74. The summed E-state index contributed by atoms with van der Waals surface area (Å²) in [5.41, 5.74) is 1.26. The maximum atomic E-state index is 11.8. The average Bonchev–Trinajstić information content (AvgIpc) is 3.25. The van der Waals surface area contributed by atoms with E-state index in [0.717, 1.165) is 25.0 Å². The molecule has 1 fully saturated rings. The van der Waals surface area contributed by atoms with E-state index in [1.165, 1.54) is 5.56 Å². The van der Waals surface area contributed by atoms with Crippen LogP contribution in [0.15, 0.2) is 24.3 Å². The Hall–Kier alpha value is -1.55. The van der Waals surface area contributed by atoms with E-state index in [1.54, 1.807) is 7.11 Å². The van der Waals surface area contributed by atoms with Crippen LogP contribution in [0.5, 0.6) is 5.75 Å². The first kappa shape index (κ1) is 14.9. The standard InChI is InChI=1S/C16H23NO3/c1-4-11(2)20-16(18)15-14(17-15)10-7-12-5-8-13(19-3)9-6-12/h5-6,8-9,11,14-15,17H,4,7,10H2,1-3H3. The van der Waals surface area contributed by atoms with E-state index in [0.29, 0.717) is 0 Å². The zero-order chi connectivity index (χ0) is 14.5. The Morgan fingerprint density at radius 3 is 2.65 bits per heavy atom. The Morgan fingerprint density at radius 2 is 2.05 bits per heavy atom. The summed E-state index contributed by atoms with van der Waals surface area (Å²) in [4.78, 5) is 11.8. The van der Waals surface area contributed by atoms with Crippen molar-refractivity contribution in [3.8, 4) is 5.75 Å². The van der Waals surface area contributed by atoms with E-state index in [2.05, 4.69) is 17.4 Å². The molecule has 3 unspecified atom stereocenters. The normalized spacial score (nSPS) is 22.1. The topological polar surface area (TPSA) is 57.5 Å². The molecule has 0 spiro atoms. The first-order valence-electron chi connectivity index (χ1n) is 7.23. The van der Waals surface area contributed by atoms with E-state index < -0.39 is 0 Å². The van der Waals surface area contributed by atoms with Crippen molar-refractivity contribution in [2.45, 2.75) is 51.3 Å². The summed E-state index contributed by atoms with van der Waals surface area (Å²) >= 11 is 0. The van der Waals surface area contributed by atoms with Crippen LogP contribution in [0.25, 0.3) is 0 Å². The number of methoxy groups -OCH3 is 1. The molecule has 0 aromatic heterocycles. The van der Waals surface area contributed by atoms with E-state index in [-0.39, 0.29) is 24.2 Å². The minimum atomic E-state index is -0.112. The summed E-state index contributed by atoms with van der Waals surface area (Å²) in [6.45, 7) is 3.94. The Labute approximate surface area is 120 Å². The van der Waals surface area contributed by atoms with Crippen molar-refractivity contribution in [3.63, 3.8) is 0 Å². The van der Waals surface area contributed by atoms with Gasteiger partial charge in [0.15, 0.2) is 0 Å². The molecule has 1 aromatic rings. The predicted octanol–water partition coefficient (Wildman–Crippen LogP) is 2.31. The molecular weight excluding hydrogens is 254 g/mol. The summed E-state index contributed by atoms with van der Waals surface area (Å²) in [6.07, 6.45) is 2.77. The van der Waals surface area contributed by atoms with E-state index in [9.17, 15) is 4.79 Å². The third-order valence-electron chi connectivity index (χ3n) is 3.74. The predicted molar refractivity (Wildman–Crippen MR) is 77.9 cm³/mol. The number of rotatable bonds is 7. The fourth-order valence-electron chi connectivity index (χ4n) is 2.13. The highest BCUT2D eigenvalue weighted by atomic mass is 16.5. The van der Waals surface area contributed by atoms with Gasteiger partial charge in [-0.3, -0.25) is 10.1 Å². The molecule has 3 atom stereocenters. The molecule has 110 valence electrons. The summed E-state index contributed by atoms with van der Waals surface area (Å²) in [6, 6.07) is 8.20. The Balaban J connectivity index is 1.72. The molecular formula is C16H23NO3. The van der Waals surface area contributed by atoms with Crippen molar-refractivity contribution in [3.05, 3.63) is 29.8 Å². The van der Waals surface area contributed by atoms with E-state index in [4.69, 9.17) is 9.47 Å². The Bertz CT molecular complexity index is 444. The number of esters is 1. The van der Waals surface area contributed by atoms with Crippen LogP contribution in [0.2, 0.25) is 0 Å². The van der Waals surface area contributed by atoms with Crippen molar-refractivity contribution in [2.24, 2.45) is 0 Å². The van der Waals surface area contributed by atoms with Gasteiger partial charge in [0, 0.05) is 6.04 Å². The minimum absolute atomic E-state index is 0.00661. The second-order valence-corrected chi connectivity index (χ2v) is 5.29. The number of carbonyl (C=O) groups is 1. The van der Waals surface area contributed by atoms with Gasteiger partial charge >= 0.3 is 5.97 Å². The maximum Gasteiger partial charge on any atom is 0.325 e. The van der Waals surface area contributed by atoms with Gasteiger partial charge in [-0.25, -0.2) is 0 Å². The van der Waals surface area contributed by atoms with Gasteiger partial charge in [-0.15, -0.1) is 0 Å². The average molecular weight is 277 g/mol. The molecule has 0 amide bonds. The van der Waals surface area contributed by atoms with Crippen molar-refractivity contribution < 1.29 is 14.3 Å². The van der Waals surface area contributed by atoms with Crippen LogP contribution in [0.4, 0.5) is 0 Å². The lowest BCUT2D eigenvalue weighted by Gasteiger charge is -2.09. The van der Waals surface area contributed by atoms with Gasteiger partial charge in [0.1, 0.15) is 11.8 Å². The Kier molecular flexibility index (Phi) is 5.01. The van der Waals surface area contributed by atoms with Crippen LogP contribution in [0, 0.1) is 0 Å². The highest BCUT2D eigenvalue weighted by Gasteiger charge is 2.43. The highest BCUT2D eigenvalue weighted by Crippen LogP contribution is 2.21. The first-order valence-corrected chi connectivity index (χ1v) is 7.23. The van der Waals surface area contributed by atoms with Crippen LogP contribution in [-0.4, -0.2) is 31.3 Å². The molecule has 1 heterocycles. The van der Waals surface area contributed by atoms with Gasteiger partial charge in [0.25, 0.3) is 0 Å². The first-order chi connectivity index (χ1) is 9.63. The van der Waals surface area contributed by atoms with Gasteiger partial charge in [0.05, 0.1) is 13.2 Å². The van der Waals surface area contributed by atoms with Gasteiger partial charge in [0.2, 0.25) is 0 Å². The summed E-state index contributed by atoms with van der Waals surface area (Å²) in [5, 5.41) is 3.19. The summed E-state index contributed by atoms with van der Waals surface area (Å²) in [5.74, 6) is 0.757. The molecule has 1 aromatic carbocycles. The number of hydrogen-bond donors (Lipinski definition) is 1. The SMILES string of the molecule is CCC(C)OC(=O)C1NC1CCc1ccc(OC)cc1. The number of benzene rings is 1. The van der Waals surface area contributed by atoms with Gasteiger partial charge in [-0.05, 0) is 43.9 Å². The van der Waals surface area contributed by atoms with Crippen LogP contribution in [0.1, 0.15) is 32.3 Å².